The molecule has 0 amide bonds. The molecule has 0 spiro atoms. The third-order valence-electron chi connectivity index (χ3n) is 2.29. The average Bonchev–Trinajstić information content (AvgIpc) is 2.46. The molecule has 3 nitrogen and oxygen atoms in total. The first-order valence-corrected chi connectivity index (χ1v) is 6.07. The molecule has 0 saturated heterocycles. The number of rotatable bonds is 6. The number of nitrogens with one attached hydrogen (secondary N) is 1. The van der Waals surface area contributed by atoms with Crippen molar-refractivity contribution in [2.24, 2.45) is 5.92 Å². The highest BCUT2D eigenvalue weighted by atomic mass is 32.1. The molecule has 1 atom stereocenters. The van der Waals surface area contributed by atoms with Crippen LogP contribution in [0.15, 0.2) is 0 Å². The van der Waals surface area contributed by atoms with Gasteiger partial charge in [0, 0.05) is 31.7 Å². The predicted molar refractivity (Wildman–Crippen MR) is 64.3 cm³/mol. The first kappa shape index (κ1) is 12.6. The van der Waals surface area contributed by atoms with Gasteiger partial charge in [0.05, 0.1) is 5.69 Å². The van der Waals surface area contributed by atoms with E-state index in [1.54, 1.807) is 18.4 Å². The summed E-state index contributed by atoms with van der Waals surface area (Å²) in [5, 5.41) is 4.57. The highest BCUT2D eigenvalue weighted by molar-refractivity contribution is 7.11. The van der Waals surface area contributed by atoms with Gasteiger partial charge in [-0.3, -0.25) is 0 Å². The predicted octanol–water partition coefficient (Wildman–Crippen LogP) is 2.13. The van der Waals surface area contributed by atoms with Crippen LogP contribution in [0.5, 0.6) is 0 Å². The van der Waals surface area contributed by atoms with Crippen LogP contribution in [0.2, 0.25) is 0 Å². The lowest BCUT2D eigenvalue weighted by Gasteiger charge is -2.10. The molecule has 1 rings (SSSR count). The number of aromatic nitrogens is 1. The topological polar surface area (TPSA) is 34.1 Å². The van der Waals surface area contributed by atoms with Gasteiger partial charge >= 0.3 is 0 Å². The minimum absolute atomic E-state index is 0.553. The lowest BCUT2D eigenvalue weighted by molar-refractivity contribution is 0.158. The summed E-state index contributed by atoms with van der Waals surface area (Å²) in [6.45, 7) is 9.00. The molecular formula is C11H20N2OS. The first-order chi connectivity index (χ1) is 7.13. The van der Waals surface area contributed by atoms with Crippen LogP contribution in [0.4, 0.5) is 0 Å². The van der Waals surface area contributed by atoms with E-state index in [2.05, 4.69) is 31.1 Å². The second-order valence-electron chi connectivity index (χ2n) is 3.94. The zero-order valence-electron chi connectivity index (χ0n) is 9.96. The van der Waals surface area contributed by atoms with E-state index in [4.69, 9.17) is 4.74 Å². The van der Waals surface area contributed by atoms with E-state index in [9.17, 15) is 0 Å². The van der Waals surface area contributed by atoms with Gasteiger partial charge in [-0.25, -0.2) is 4.98 Å². The molecule has 1 N–H and O–H groups in total. The van der Waals surface area contributed by atoms with Gasteiger partial charge in [0.2, 0.25) is 0 Å². The van der Waals surface area contributed by atoms with Crippen molar-refractivity contribution in [1.29, 1.82) is 0 Å². The largest absolute Gasteiger partial charge is 0.384 e. The SMILES string of the molecule is COCC(C)CNCc1nc(C)c(C)s1. The van der Waals surface area contributed by atoms with E-state index >= 15 is 0 Å². The number of nitrogens with zero attached hydrogens (tertiary/aromatic N) is 1. The summed E-state index contributed by atoms with van der Waals surface area (Å²) < 4.78 is 5.08. The summed E-state index contributed by atoms with van der Waals surface area (Å²) >= 11 is 1.77. The summed E-state index contributed by atoms with van der Waals surface area (Å²) in [4.78, 5) is 5.79. The van der Waals surface area contributed by atoms with Crippen molar-refractivity contribution in [3.8, 4) is 0 Å². The van der Waals surface area contributed by atoms with Crippen molar-refractivity contribution in [2.45, 2.75) is 27.3 Å². The standard InChI is InChI=1S/C11H20N2OS/c1-8(7-14-4)5-12-6-11-13-9(2)10(3)15-11/h8,12H,5-7H2,1-4H3. The number of ether oxygens (including phenoxy) is 1. The number of aryl methyl sites for hydroxylation is 2. The van der Waals surface area contributed by atoms with Crippen LogP contribution in [0, 0.1) is 19.8 Å². The Morgan fingerprint density at radius 1 is 1.47 bits per heavy atom. The molecule has 0 bridgehead atoms. The van der Waals surface area contributed by atoms with Crippen LogP contribution in [0.3, 0.4) is 0 Å². The van der Waals surface area contributed by atoms with Crippen LogP contribution in [0.1, 0.15) is 22.5 Å². The van der Waals surface area contributed by atoms with Gasteiger partial charge < -0.3 is 10.1 Å². The highest BCUT2D eigenvalue weighted by Crippen LogP contribution is 2.15. The van der Waals surface area contributed by atoms with Crippen molar-refractivity contribution >= 4 is 11.3 Å². The fourth-order valence-electron chi connectivity index (χ4n) is 1.38. The Bertz CT molecular complexity index is 279. The van der Waals surface area contributed by atoms with Gasteiger partial charge in [0.1, 0.15) is 5.01 Å². The molecule has 4 heteroatoms. The van der Waals surface area contributed by atoms with Gasteiger partial charge in [-0.05, 0) is 19.8 Å². The van der Waals surface area contributed by atoms with Crippen molar-refractivity contribution < 1.29 is 4.74 Å². The second kappa shape index (κ2) is 6.20. The minimum atomic E-state index is 0.553. The Labute approximate surface area is 95.9 Å². The zero-order valence-corrected chi connectivity index (χ0v) is 10.8. The molecule has 0 aliphatic rings. The smallest absolute Gasteiger partial charge is 0.107 e. The lowest BCUT2D eigenvalue weighted by atomic mass is 10.2. The van der Waals surface area contributed by atoms with Crippen molar-refractivity contribution in [2.75, 3.05) is 20.3 Å². The normalized spacial score (nSPS) is 13.1. The van der Waals surface area contributed by atoms with Crippen LogP contribution in [-0.2, 0) is 11.3 Å². The van der Waals surface area contributed by atoms with Gasteiger partial charge in [-0.2, -0.15) is 0 Å². The fourth-order valence-corrected chi connectivity index (χ4v) is 2.29. The maximum Gasteiger partial charge on any atom is 0.107 e. The Morgan fingerprint density at radius 3 is 2.73 bits per heavy atom. The first-order valence-electron chi connectivity index (χ1n) is 5.26. The number of hydrogen-bond acceptors (Lipinski definition) is 4. The summed E-state index contributed by atoms with van der Waals surface area (Å²) in [5.41, 5.74) is 1.15. The number of hydrogen-bond donors (Lipinski definition) is 1. The molecule has 0 aliphatic carbocycles. The summed E-state index contributed by atoms with van der Waals surface area (Å²) in [5.74, 6) is 0.553. The minimum Gasteiger partial charge on any atom is -0.384 e. The number of thiazole rings is 1. The molecule has 1 heterocycles. The van der Waals surface area contributed by atoms with Crippen LogP contribution >= 0.6 is 11.3 Å². The zero-order chi connectivity index (χ0) is 11.3. The quantitative estimate of drug-likeness (QED) is 0.810. The molecule has 15 heavy (non-hydrogen) atoms. The third kappa shape index (κ3) is 4.28. The van der Waals surface area contributed by atoms with E-state index in [1.807, 2.05) is 0 Å². The van der Waals surface area contributed by atoms with Crippen molar-refractivity contribution in [1.82, 2.24) is 10.3 Å². The molecule has 0 saturated carbocycles. The molecule has 1 aromatic heterocycles. The molecule has 1 aromatic rings. The Morgan fingerprint density at radius 2 is 2.20 bits per heavy atom. The monoisotopic (exact) mass is 228 g/mol. The van der Waals surface area contributed by atoms with E-state index in [0.29, 0.717) is 5.92 Å². The second-order valence-corrected chi connectivity index (χ2v) is 5.23. The molecule has 1 unspecified atom stereocenters. The van der Waals surface area contributed by atoms with Gasteiger partial charge in [0.15, 0.2) is 0 Å². The summed E-state index contributed by atoms with van der Waals surface area (Å²) in [6.07, 6.45) is 0. The van der Waals surface area contributed by atoms with Crippen molar-refractivity contribution in [3.63, 3.8) is 0 Å². The maximum absolute atomic E-state index is 5.08. The summed E-state index contributed by atoms with van der Waals surface area (Å²) in [6, 6.07) is 0. The maximum atomic E-state index is 5.08. The van der Waals surface area contributed by atoms with E-state index < -0.39 is 0 Å². The van der Waals surface area contributed by atoms with Crippen LogP contribution in [-0.4, -0.2) is 25.2 Å². The molecule has 0 aliphatic heterocycles. The highest BCUT2D eigenvalue weighted by Gasteiger charge is 2.04. The number of methoxy groups -OCH3 is 1. The van der Waals surface area contributed by atoms with E-state index in [1.165, 1.54) is 9.88 Å². The molecule has 0 radical (unpaired) electrons. The molecule has 0 aromatic carbocycles. The average molecular weight is 228 g/mol. The summed E-state index contributed by atoms with van der Waals surface area (Å²) in [7, 11) is 1.74. The van der Waals surface area contributed by atoms with Gasteiger partial charge in [-0.15, -0.1) is 11.3 Å². The Balaban J connectivity index is 2.25. The van der Waals surface area contributed by atoms with Gasteiger partial charge in [-0.1, -0.05) is 6.92 Å². The lowest BCUT2D eigenvalue weighted by Crippen LogP contribution is -2.23. The van der Waals surface area contributed by atoms with E-state index in [0.717, 1.165) is 25.4 Å². The fraction of sp³-hybridized carbons (Fsp3) is 0.727. The van der Waals surface area contributed by atoms with E-state index in [-0.39, 0.29) is 0 Å². The third-order valence-corrected chi connectivity index (χ3v) is 3.37. The van der Waals surface area contributed by atoms with Gasteiger partial charge in [0.25, 0.3) is 0 Å². The Hall–Kier alpha value is -0.450. The van der Waals surface area contributed by atoms with Crippen molar-refractivity contribution in [3.05, 3.63) is 15.6 Å². The molecular weight excluding hydrogens is 208 g/mol. The molecule has 0 fully saturated rings. The Kier molecular flexibility index (Phi) is 5.22. The van der Waals surface area contributed by atoms with Crippen LogP contribution < -0.4 is 5.32 Å². The molecule has 86 valence electrons. The van der Waals surface area contributed by atoms with Crippen LogP contribution in [0.25, 0.3) is 0 Å².